The fourth-order valence-electron chi connectivity index (χ4n) is 5.50. The molecule has 0 aromatic heterocycles. The molecule has 1 aliphatic heterocycles. The lowest BCUT2D eigenvalue weighted by molar-refractivity contribution is -0.164. The van der Waals surface area contributed by atoms with E-state index in [1.54, 1.807) is 36.9 Å². The van der Waals surface area contributed by atoms with Gasteiger partial charge in [-0.2, -0.15) is 0 Å². The SMILES string of the molecule is CC(O)[C@H](C1CC1)N1C(=O)C(C)(CC(=O)O)C[C@H](c2cccc(Cl)c2)[C@H]1c1ccc(Cl)cc1. The largest absolute Gasteiger partial charge is 0.481 e. The van der Waals surface area contributed by atoms with Gasteiger partial charge in [0.2, 0.25) is 5.91 Å². The molecule has 7 heteroatoms. The number of aliphatic hydroxyl groups excluding tert-OH is 1. The van der Waals surface area contributed by atoms with Crippen molar-refractivity contribution in [3.8, 4) is 0 Å². The molecule has 5 atom stereocenters. The topological polar surface area (TPSA) is 77.8 Å². The second kappa shape index (κ2) is 9.28. The molecule has 1 amide bonds. The van der Waals surface area contributed by atoms with Gasteiger partial charge >= 0.3 is 5.97 Å². The number of rotatable bonds is 7. The molecule has 2 aliphatic rings. The minimum Gasteiger partial charge on any atom is -0.481 e. The summed E-state index contributed by atoms with van der Waals surface area (Å²) in [6.45, 7) is 3.45. The van der Waals surface area contributed by atoms with Crippen molar-refractivity contribution in [3.63, 3.8) is 0 Å². The van der Waals surface area contributed by atoms with Crippen LogP contribution in [0.5, 0.6) is 0 Å². The number of carboxylic acid groups (broad SMARTS) is 1. The summed E-state index contributed by atoms with van der Waals surface area (Å²) in [6.07, 6.45) is 1.21. The fourth-order valence-corrected chi connectivity index (χ4v) is 5.82. The predicted molar refractivity (Wildman–Crippen MR) is 128 cm³/mol. The molecule has 33 heavy (non-hydrogen) atoms. The summed E-state index contributed by atoms with van der Waals surface area (Å²) in [5.74, 6) is -1.25. The van der Waals surface area contributed by atoms with Gasteiger partial charge < -0.3 is 15.1 Å². The number of likely N-dealkylation sites (tertiary alicyclic amines) is 1. The minimum absolute atomic E-state index is 0.191. The molecule has 1 saturated heterocycles. The van der Waals surface area contributed by atoms with Crippen LogP contribution in [0, 0.1) is 11.3 Å². The van der Waals surface area contributed by atoms with E-state index in [1.807, 2.05) is 30.3 Å². The van der Waals surface area contributed by atoms with Gasteiger partial charge in [-0.1, -0.05) is 54.4 Å². The van der Waals surface area contributed by atoms with Crippen LogP contribution in [0.1, 0.15) is 62.6 Å². The van der Waals surface area contributed by atoms with Crippen LogP contribution in [0.15, 0.2) is 48.5 Å². The number of hydrogen-bond acceptors (Lipinski definition) is 3. The van der Waals surface area contributed by atoms with Crippen molar-refractivity contribution in [3.05, 3.63) is 69.7 Å². The lowest BCUT2D eigenvalue weighted by Gasteiger charge is -2.52. The first kappa shape index (κ1) is 24.1. The highest BCUT2D eigenvalue weighted by Crippen LogP contribution is 2.54. The van der Waals surface area contributed by atoms with Crippen molar-refractivity contribution in [2.24, 2.45) is 11.3 Å². The van der Waals surface area contributed by atoms with Crippen molar-refractivity contribution in [2.75, 3.05) is 0 Å². The Labute approximate surface area is 204 Å². The molecule has 1 heterocycles. The molecule has 2 N–H and O–H groups in total. The average molecular weight is 490 g/mol. The van der Waals surface area contributed by atoms with Gasteiger partial charge in [0, 0.05) is 16.0 Å². The number of carbonyl (C=O) groups excluding carboxylic acids is 1. The molecule has 176 valence electrons. The molecule has 2 aromatic rings. The van der Waals surface area contributed by atoms with Crippen LogP contribution in [-0.2, 0) is 9.59 Å². The van der Waals surface area contributed by atoms with Gasteiger partial charge in [-0.25, -0.2) is 0 Å². The van der Waals surface area contributed by atoms with Crippen LogP contribution in [0.4, 0.5) is 0 Å². The van der Waals surface area contributed by atoms with Gasteiger partial charge in [0.25, 0.3) is 0 Å². The standard InChI is InChI=1S/C26H29Cl2NO4/c1-15(30)23(16-6-7-16)29-24(17-8-10-19(27)11-9-17)21(18-4-3-5-20(28)12-18)13-26(2,25(29)33)14-22(31)32/h3-5,8-12,15-16,21,23-24,30H,6-7,13-14H2,1-2H3,(H,31,32)/t15?,21-,23-,24-,26?/m1/s1. The summed E-state index contributed by atoms with van der Waals surface area (Å²) in [5, 5.41) is 21.6. The van der Waals surface area contributed by atoms with Gasteiger partial charge in [0.15, 0.2) is 0 Å². The van der Waals surface area contributed by atoms with E-state index in [0.717, 1.165) is 24.0 Å². The predicted octanol–water partition coefficient (Wildman–Crippen LogP) is 5.69. The average Bonchev–Trinajstić information content (AvgIpc) is 3.56. The number of amides is 1. The molecular formula is C26H29Cl2NO4. The maximum atomic E-state index is 14.1. The Bertz CT molecular complexity index is 1030. The Balaban J connectivity index is 1.92. The molecule has 2 unspecified atom stereocenters. The Morgan fingerprint density at radius 2 is 1.79 bits per heavy atom. The van der Waals surface area contributed by atoms with Crippen molar-refractivity contribution in [1.29, 1.82) is 0 Å². The third-order valence-corrected chi connectivity index (χ3v) is 7.54. The zero-order valence-corrected chi connectivity index (χ0v) is 20.3. The summed E-state index contributed by atoms with van der Waals surface area (Å²) in [7, 11) is 0. The molecule has 5 nitrogen and oxygen atoms in total. The molecule has 0 spiro atoms. The second-order valence-electron chi connectivity index (χ2n) is 9.77. The van der Waals surface area contributed by atoms with Gasteiger partial charge in [0.1, 0.15) is 0 Å². The normalized spacial score (nSPS) is 27.3. The van der Waals surface area contributed by atoms with E-state index in [4.69, 9.17) is 23.2 Å². The Kier molecular flexibility index (Phi) is 6.77. The van der Waals surface area contributed by atoms with E-state index in [0.29, 0.717) is 16.5 Å². The van der Waals surface area contributed by atoms with Crippen molar-refractivity contribution in [2.45, 2.75) is 63.6 Å². The Hall–Kier alpha value is -2.08. The molecule has 1 aliphatic carbocycles. The molecule has 2 fully saturated rings. The van der Waals surface area contributed by atoms with E-state index in [-0.39, 0.29) is 30.2 Å². The van der Waals surface area contributed by atoms with Crippen LogP contribution >= 0.6 is 23.2 Å². The number of benzene rings is 2. The Morgan fingerprint density at radius 3 is 2.33 bits per heavy atom. The van der Waals surface area contributed by atoms with Crippen LogP contribution < -0.4 is 0 Å². The molecule has 4 rings (SSSR count). The van der Waals surface area contributed by atoms with Crippen molar-refractivity contribution >= 4 is 35.1 Å². The summed E-state index contributed by atoms with van der Waals surface area (Å²) in [4.78, 5) is 27.7. The van der Waals surface area contributed by atoms with E-state index in [1.165, 1.54) is 0 Å². The number of piperidine rings is 1. The summed E-state index contributed by atoms with van der Waals surface area (Å²) < 4.78 is 0. The third-order valence-electron chi connectivity index (χ3n) is 7.05. The fraction of sp³-hybridized carbons (Fsp3) is 0.462. The zero-order valence-electron chi connectivity index (χ0n) is 18.7. The quantitative estimate of drug-likeness (QED) is 0.523. The van der Waals surface area contributed by atoms with Crippen molar-refractivity contribution < 1.29 is 19.8 Å². The van der Waals surface area contributed by atoms with Gasteiger partial charge in [-0.15, -0.1) is 0 Å². The number of hydrogen-bond donors (Lipinski definition) is 2. The highest BCUT2D eigenvalue weighted by Gasteiger charge is 2.55. The molecule has 1 saturated carbocycles. The first-order valence-electron chi connectivity index (χ1n) is 11.3. The van der Waals surface area contributed by atoms with E-state index >= 15 is 0 Å². The summed E-state index contributed by atoms with van der Waals surface area (Å²) in [5.41, 5.74) is 0.738. The van der Waals surface area contributed by atoms with Crippen molar-refractivity contribution in [1.82, 2.24) is 4.90 Å². The second-order valence-corrected chi connectivity index (χ2v) is 10.6. The zero-order chi connectivity index (χ0) is 23.9. The molecule has 0 radical (unpaired) electrons. The smallest absolute Gasteiger partial charge is 0.304 e. The lowest BCUT2D eigenvalue weighted by atomic mass is 9.66. The van der Waals surface area contributed by atoms with Gasteiger partial charge in [-0.3, -0.25) is 9.59 Å². The number of carboxylic acids is 1. The number of carbonyl (C=O) groups is 2. The monoisotopic (exact) mass is 489 g/mol. The highest BCUT2D eigenvalue weighted by atomic mass is 35.5. The maximum absolute atomic E-state index is 14.1. The first-order chi connectivity index (χ1) is 15.6. The highest BCUT2D eigenvalue weighted by molar-refractivity contribution is 6.30. The number of nitrogens with zero attached hydrogens (tertiary/aromatic N) is 1. The third kappa shape index (κ3) is 4.91. The van der Waals surface area contributed by atoms with E-state index in [9.17, 15) is 19.8 Å². The van der Waals surface area contributed by atoms with E-state index in [2.05, 4.69) is 0 Å². The molecule has 0 bridgehead atoms. The van der Waals surface area contributed by atoms with Crippen LogP contribution in [0.2, 0.25) is 10.0 Å². The summed E-state index contributed by atoms with van der Waals surface area (Å²) >= 11 is 12.5. The minimum atomic E-state index is -1.11. The van der Waals surface area contributed by atoms with Crippen LogP contribution in [0.3, 0.4) is 0 Å². The van der Waals surface area contributed by atoms with Gasteiger partial charge in [-0.05, 0) is 67.5 Å². The Morgan fingerprint density at radius 1 is 1.12 bits per heavy atom. The number of aliphatic carboxylic acids is 1. The number of halogens is 2. The number of aliphatic hydroxyl groups is 1. The first-order valence-corrected chi connectivity index (χ1v) is 12.1. The molecule has 2 aromatic carbocycles. The van der Waals surface area contributed by atoms with Crippen LogP contribution in [-0.4, -0.2) is 39.1 Å². The lowest BCUT2D eigenvalue weighted by Crippen LogP contribution is -2.59. The maximum Gasteiger partial charge on any atom is 0.304 e. The molecular weight excluding hydrogens is 461 g/mol. The van der Waals surface area contributed by atoms with Crippen LogP contribution in [0.25, 0.3) is 0 Å². The van der Waals surface area contributed by atoms with Gasteiger partial charge in [0.05, 0.1) is 30.0 Å². The van der Waals surface area contributed by atoms with E-state index < -0.39 is 23.5 Å². The summed E-state index contributed by atoms with van der Waals surface area (Å²) in [6, 6.07) is 14.2.